The van der Waals surface area contributed by atoms with Crippen LogP contribution in [0.25, 0.3) is 110 Å². The van der Waals surface area contributed by atoms with Crippen LogP contribution < -0.4 is 0 Å². The highest BCUT2D eigenvalue weighted by Crippen LogP contribution is 2.42. The Labute approximate surface area is 285 Å². The standard InChI is InChI=1S/C42H22O4.C4H6/c1-3-10-33-29(8-1)39-37(43-33)18-14-27-31-21-25(12-16-35(31)45-41(27)39)23-6-5-7-24(20-23)26-13-17-36-32(22-26)28-15-19-38-40(42(28)46-36)30-9-2-4-11-34(30)44-38;1-3-4-2/h1-22H;3-4H,1-2H2. The van der Waals surface area contributed by atoms with Crippen molar-refractivity contribution in [1.82, 2.24) is 0 Å². The first-order valence-electron chi connectivity index (χ1n) is 16.6. The summed E-state index contributed by atoms with van der Waals surface area (Å²) in [5.74, 6) is 0. The number of hydrogen-bond donors (Lipinski definition) is 0. The molecule has 0 aliphatic rings. The first-order chi connectivity index (χ1) is 24.7. The highest BCUT2D eigenvalue weighted by Gasteiger charge is 2.18. The van der Waals surface area contributed by atoms with E-state index in [-0.39, 0.29) is 0 Å². The van der Waals surface area contributed by atoms with Crippen molar-refractivity contribution in [3.8, 4) is 22.3 Å². The van der Waals surface area contributed by atoms with Crippen molar-refractivity contribution in [3.05, 3.63) is 159 Å². The van der Waals surface area contributed by atoms with Gasteiger partial charge >= 0.3 is 0 Å². The maximum absolute atomic E-state index is 6.45. The van der Waals surface area contributed by atoms with Crippen LogP contribution in [0.4, 0.5) is 0 Å². The predicted molar refractivity (Wildman–Crippen MR) is 207 cm³/mol. The fourth-order valence-corrected chi connectivity index (χ4v) is 7.32. The summed E-state index contributed by atoms with van der Waals surface area (Å²) in [5, 5.41) is 8.55. The lowest BCUT2D eigenvalue weighted by molar-refractivity contribution is 0.662. The fourth-order valence-electron chi connectivity index (χ4n) is 7.32. The van der Waals surface area contributed by atoms with E-state index in [1.165, 1.54) is 0 Å². The molecule has 4 heteroatoms. The molecule has 0 aliphatic carbocycles. The largest absolute Gasteiger partial charge is 0.456 e. The molecule has 0 bridgehead atoms. The lowest BCUT2D eigenvalue weighted by Crippen LogP contribution is -1.82. The summed E-state index contributed by atoms with van der Waals surface area (Å²) in [6, 6.07) is 46.2. The summed E-state index contributed by atoms with van der Waals surface area (Å²) in [6.07, 6.45) is 3.28. The number of fused-ring (bicyclic) bond motifs is 14. The number of hydrogen-bond acceptors (Lipinski definition) is 4. The van der Waals surface area contributed by atoms with Gasteiger partial charge in [-0.1, -0.05) is 92.0 Å². The van der Waals surface area contributed by atoms with Crippen LogP contribution in [0.5, 0.6) is 0 Å². The smallest absolute Gasteiger partial charge is 0.147 e. The molecule has 0 radical (unpaired) electrons. The van der Waals surface area contributed by atoms with E-state index in [1.54, 1.807) is 12.2 Å². The number of furan rings is 4. The van der Waals surface area contributed by atoms with Gasteiger partial charge in [-0.25, -0.2) is 0 Å². The zero-order valence-corrected chi connectivity index (χ0v) is 26.9. The monoisotopic (exact) mass is 644 g/mol. The van der Waals surface area contributed by atoms with Crippen molar-refractivity contribution >= 4 is 87.8 Å². The summed E-state index contributed by atoms with van der Waals surface area (Å²) < 4.78 is 25.1. The van der Waals surface area contributed by atoms with Crippen molar-refractivity contribution in [2.75, 3.05) is 0 Å². The Morgan fingerprint density at radius 1 is 0.320 bits per heavy atom. The first-order valence-corrected chi connectivity index (χ1v) is 16.6. The van der Waals surface area contributed by atoms with E-state index in [4.69, 9.17) is 17.7 Å². The molecule has 0 amide bonds. The Morgan fingerprint density at radius 2 is 0.740 bits per heavy atom. The molecule has 4 heterocycles. The number of rotatable bonds is 3. The molecule has 0 atom stereocenters. The Morgan fingerprint density at radius 3 is 1.22 bits per heavy atom. The van der Waals surface area contributed by atoms with Crippen molar-refractivity contribution in [2.45, 2.75) is 0 Å². The van der Waals surface area contributed by atoms with Crippen LogP contribution >= 0.6 is 0 Å². The normalized spacial score (nSPS) is 11.8. The second-order valence-corrected chi connectivity index (χ2v) is 12.5. The molecule has 0 saturated carbocycles. The van der Waals surface area contributed by atoms with Gasteiger partial charge in [0.15, 0.2) is 0 Å². The molecule has 0 fully saturated rings. The van der Waals surface area contributed by atoms with Gasteiger partial charge in [-0.3, -0.25) is 0 Å². The SMILES string of the molecule is C=CC=C.c1cc(-c2ccc3oc4c(ccc5oc6ccccc6c54)c3c2)cc(-c2ccc3oc4c(ccc5oc6ccccc6c54)c3c2)c1. The van der Waals surface area contributed by atoms with Crippen molar-refractivity contribution < 1.29 is 17.7 Å². The Hall–Kier alpha value is -6.78. The Bertz CT molecular complexity index is 2930. The third kappa shape index (κ3) is 4.19. The number of benzene rings is 7. The molecule has 11 rings (SSSR count). The van der Waals surface area contributed by atoms with Gasteiger partial charge in [0.1, 0.15) is 44.7 Å². The molecule has 0 saturated heterocycles. The van der Waals surface area contributed by atoms with Crippen molar-refractivity contribution in [1.29, 1.82) is 0 Å². The summed E-state index contributed by atoms with van der Waals surface area (Å²) >= 11 is 0. The van der Waals surface area contributed by atoms with Gasteiger partial charge in [-0.2, -0.15) is 0 Å². The third-order valence-electron chi connectivity index (χ3n) is 9.65. The molecule has 0 N–H and O–H groups in total. The van der Waals surface area contributed by atoms with Gasteiger partial charge in [0, 0.05) is 32.3 Å². The Kier molecular flexibility index (Phi) is 6.14. The highest BCUT2D eigenvalue weighted by molar-refractivity contribution is 6.23. The minimum absolute atomic E-state index is 0.839. The maximum Gasteiger partial charge on any atom is 0.147 e. The van der Waals surface area contributed by atoms with Crippen LogP contribution in [0.3, 0.4) is 0 Å². The zero-order valence-electron chi connectivity index (χ0n) is 26.9. The van der Waals surface area contributed by atoms with Gasteiger partial charge in [0.05, 0.1) is 10.8 Å². The number of allylic oxidation sites excluding steroid dienone is 2. The topological polar surface area (TPSA) is 52.6 Å². The Balaban J connectivity index is 0.000000754. The van der Waals surface area contributed by atoms with Gasteiger partial charge in [0.2, 0.25) is 0 Å². The van der Waals surface area contributed by atoms with Gasteiger partial charge in [-0.05, 0) is 89.0 Å². The molecule has 4 nitrogen and oxygen atoms in total. The molecule has 0 spiro atoms. The lowest BCUT2D eigenvalue weighted by Gasteiger charge is -2.07. The molecule has 0 unspecified atom stereocenters. The van der Waals surface area contributed by atoms with Crippen molar-refractivity contribution in [2.24, 2.45) is 0 Å². The molecule has 50 heavy (non-hydrogen) atoms. The molecule has 0 aliphatic heterocycles. The highest BCUT2D eigenvalue weighted by atomic mass is 16.4. The zero-order chi connectivity index (χ0) is 33.3. The number of para-hydroxylation sites is 2. The van der Waals surface area contributed by atoms with E-state index in [2.05, 4.69) is 110 Å². The second kappa shape index (κ2) is 10.9. The second-order valence-electron chi connectivity index (χ2n) is 12.5. The average Bonchev–Trinajstić information content (AvgIpc) is 3.93. The summed E-state index contributed by atoms with van der Waals surface area (Å²) in [7, 11) is 0. The van der Waals surface area contributed by atoms with Crippen LogP contribution in [0.2, 0.25) is 0 Å². The third-order valence-corrected chi connectivity index (χ3v) is 9.65. The lowest BCUT2D eigenvalue weighted by atomic mass is 9.97. The minimum Gasteiger partial charge on any atom is -0.456 e. The molecule has 4 aromatic heterocycles. The van der Waals surface area contributed by atoms with Crippen LogP contribution in [-0.4, -0.2) is 0 Å². The van der Waals surface area contributed by atoms with Crippen LogP contribution in [0.15, 0.2) is 176 Å². The average molecular weight is 645 g/mol. The molecular formula is C46H28O4. The van der Waals surface area contributed by atoms with Crippen molar-refractivity contribution in [3.63, 3.8) is 0 Å². The molecule has 11 aromatic rings. The fraction of sp³-hybridized carbons (Fsp3) is 0. The summed E-state index contributed by atoms with van der Waals surface area (Å²) in [4.78, 5) is 0. The van der Waals surface area contributed by atoms with E-state index < -0.39 is 0 Å². The van der Waals surface area contributed by atoms with E-state index in [1.807, 2.05) is 36.4 Å². The minimum atomic E-state index is 0.839. The molecular weight excluding hydrogens is 617 g/mol. The molecule has 7 aromatic carbocycles. The quantitative estimate of drug-likeness (QED) is 0.180. The summed E-state index contributed by atoms with van der Waals surface area (Å²) in [6.45, 7) is 6.72. The van der Waals surface area contributed by atoms with E-state index in [9.17, 15) is 0 Å². The van der Waals surface area contributed by atoms with E-state index in [0.717, 1.165) is 110 Å². The van der Waals surface area contributed by atoms with Crippen LogP contribution in [-0.2, 0) is 0 Å². The maximum atomic E-state index is 6.45. The van der Waals surface area contributed by atoms with E-state index >= 15 is 0 Å². The molecule has 236 valence electrons. The van der Waals surface area contributed by atoms with Crippen LogP contribution in [0.1, 0.15) is 0 Å². The van der Waals surface area contributed by atoms with Gasteiger partial charge < -0.3 is 17.7 Å². The first kappa shape index (κ1) is 28.3. The predicted octanol–water partition coefficient (Wildman–Crippen LogP) is 14.0. The van der Waals surface area contributed by atoms with Gasteiger partial charge in [0.25, 0.3) is 0 Å². The van der Waals surface area contributed by atoms with Crippen LogP contribution in [0, 0.1) is 0 Å². The van der Waals surface area contributed by atoms with E-state index in [0.29, 0.717) is 0 Å². The van der Waals surface area contributed by atoms with Gasteiger partial charge in [-0.15, -0.1) is 0 Å². The summed E-state index contributed by atoms with van der Waals surface area (Å²) in [5.41, 5.74) is 11.4.